The van der Waals surface area contributed by atoms with E-state index >= 15 is 0 Å². The molecule has 0 spiro atoms. The van der Waals surface area contributed by atoms with Gasteiger partial charge in [0.2, 0.25) is 0 Å². The number of benzene rings is 2. The normalized spacial score (nSPS) is 10.4. The van der Waals surface area contributed by atoms with Crippen molar-refractivity contribution in [3.05, 3.63) is 71.3 Å². The van der Waals surface area contributed by atoms with Gasteiger partial charge in [-0.05, 0) is 29.7 Å². The average molecular weight is 307 g/mol. The second-order valence-corrected chi connectivity index (χ2v) is 5.21. The largest absolute Gasteiger partial charge is 0.383 e. The van der Waals surface area contributed by atoms with E-state index in [9.17, 15) is 4.79 Å². The van der Waals surface area contributed by atoms with Crippen molar-refractivity contribution in [1.29, 1.82) is 0 Å². The molecule has 3 rings (SSSR count). The van der Waals surface area contributed by atoms with Crippen molar-refractivity contribution in [1.82, 2.24) is 10.2 Å². The molecule has 0 fully saturated rings. The van der Waals surface area contributed by atoms with Gasteiger partial charge in [0.05, 0.1) is 0 Å². The number of aromatic nitrogens is 2. The van der Waals surface area contributed by atoms with Crippen molar-refractivity contribution in [3.8, 4) is 0 Å². The van der Waals surface area contributed by atoms with Crippen molar-refractivity contribution < 1.29 is 4.79 Å². The molecule has 0 unspecified atom stereocenters. The standard InChI is InChI=1S/C17H17N5O/c18-15-14(16(19)23)17(22-21-15)20-13-8-6-12(7-9-13)10-11-4-2-1-3-5-11/h1-9H,10H2,(H2,19,23)(H4,18,20,21,22). The minimum atomic E-state index is -0.626. The number of carbonyl (C=O) groups is 1. The van der Waals surface area contributed by atoms with Crippen LogP contribution in [0.2, 0.25) is 0 Å². The van der Waals surface area contributed by atoms with Crippen LogP contribution < -0.4 is 16.8 Å². The van der Waals surface area contributed by atoms with Crippen LogP contribution in [-0.2, 0) is 6.42 Å². The maximum absolute atomic E-state index is 11.4. The molecule has 0 radical (unpaired) electrons. The van der Waals surface area contributed by atoms with Crippen LogP contribution in [0.25, 0.3) is 0 Å². The lowest BCUT2D eigenvalue weighted by molar-refractivity contribution is 0.100. The first-order valence-corrected chi connectivity index (χ1v) is 7.17. The summed E-state index contributed by atoms with van der Waals surface area (Å²) in [5.74, 6) is -0.147. The number of nitrogens with zero attached hydrogens (tertiary/aromatic N) is 1. The van der Waals surface area contributed by atoms with Gasteiger partial charge in [-0.1, -0.05) is 42.5 Å². The summed E-state index contributed by atoms with van der Waals surface area (Å²) in [6.07, 6.45) is 0.864. The monoisotopic (exact) mass is 307 g/mol. The SMILES string of the molecule is NC(=O)c1c(Nc2ccc(Cc3ccccc3)cc2)n[nH]c1N. The first-order chi connectivity index (χ1) is 11.1. The molecule has 1 amide bonds. The molecule has 0 aliphatic carbocycles. The van der Waals surface area contributed by atoms with Crippen molar-refractivity contribution >= 4 is 23.2 Å². The minimum Gasteiger partial charge on any atom is -0.383 e. The molecule has 23 heavy (non-hydrogen) atoms. The molecule has 1 aromatic heterocycles. The van der Waals surface area contributed by atoms with E-state index in [0.717, 1.165) is 12.1 Å². The Morgan fingerprint density at radius 2 is 1.70 bits per heavy atom. The van der Waals surface area contributed by atoms with E-state index in [1.165, 1.54) is 11.1 Å². The summed E-state index contributed by atoms with van der Waals surface area (Å²) in [6, 6.07) is 18.1. The molecule has 0 bridgehead atoms. The van der Waals surface area contributed by atoms with Crippen molar-refractivity contribution in [2.45, 2.75) is 6.42 Å². The van der Waals surface area contributed by atoms with E-state index in [4.69, 9.17) is 11.5 Å². The molecule has 6 nitrogen and oxygen atoms in total. The molecule has 3 aromatic rings. The second kappa shape index (κ2) is 6.23. The van der Waals surface area contributed by atoms with Gasteiger partial charge < -0.3 is 16.8 Å². The predicted octanol–water partition coefficient (Wildman–Crippen LogP) is 2.43. The fraction of sp³-hybridized carbons (Fsp3) is 0.0588. The molecule has 0 aliphatic heterocycles. The van der Waals surface area contributed by atoms with Gasteiger partial charge >= 0.3 is 0 Å². The molecule has 0 aliphatic rings. The number of hydrogen-bond acceptors (Lipinski definition) is 4. The van der Waals surface area contributed by atoms with E-state index in [1.807, 2.05) is 42.5 Å². The maximum atomic E-state index is 11.4. The Kier molecular flexibility index (Phi) is 3.97. The van der Waals surface area contributed by atoms with Gasteiger partial charge in [0.15, 0.2) is 5.82 Å². The van der Waals surface area contributed by atoms with Crippen molar-refractivity contribution in [3.63, 3.8) is 0 Å². The third kappa shape index (κ3) is 3.32. The quantitative estimate of drug-likeness (QED) is 0.580. The molecule has 116 valence electrons. The third-order valence-corrected chi connectivity index (χ3v) is 3.51. The number of carbonyl (C=O) groups excluding carboxylic acids is 1. The Hall–Kier alpha value is -3.28. The smallest absolute Gasteiger partial charge is 0.256 e. The highest BCUT2D eigenvalue weighted by molar-refractivity contribution is 6.02. The summed E-state index contributed by atoms with van der Waals surface area (Å²) < 4.78 is 0. The number of nitrogen functional groups attached to an aromatic ring is 1. The summed E-state index contributed by atoms with van der Waals surface area (Å²) >= 11 is 0. The molecule has 0 atom stereocenters. The third-order valence-electron chi connectivity index (χ3n) is 3.51. The summed E-state index contributed by atoms with van der Waals surface area (Å²) in [7, 11) is 0. The highest BCUT2D eigenvalue weighted by Crippen LogP contribution is 2.23. The van der Waals surface area contributed by atoms with E-state index in [1.54, 1.807) is 0 Å². The van der Waals surface area contributed by atoms with Crippen LogP contribution in [0.5, 0.6) is 0 Å². The van der Waals surface area contributed by atoms with E-state index < -0.39 is 5.91 Å². The predicted molar refractivity (Wildman–Crippen MR) is 90.5 cm³/mol. The molecule has 6 N–H and O–H groups in total. The number of nitrogens with one attached hydrogen (secondary N) is 2. The summed E-state index contributed by atoms with van der Waals surface area (Å²) in [5.41, 5.74) is 14.4. The van der Waals surface area contributed by atoms with Crippen molar-refractivity contribution in [2.24, 2.45) is 5.73 Å². The zero-order valence-corrected chi connectivity index (χ0v) is 12.4. The average Bonchev–Trinajstić information content (AvgIpc) is 2.91. The summed E-state index contributed by atoms with van der Waals surface area (Å²) in [4.78, 5) is 11.4. The number of rotatable bonds is 5. The topological polar surface area (TPSA) is 110 Å². The number of primary amides is 1. The number of hydrogen-bond donors (Lipinski definition) is 4. The number of aromatic amines is 1. The molecule has 2 aromatic carbocycles. The second-order valence-electron chi connectivity index (χ2n) is 5.21. The lowest BCUT2D eigenvalue weighted by Gasteiger charge is -2.07. The zero-order chi connectivity index (χ0) is 16.2. The van der Waals surface area contributed by atoms with E-state index in [-0.39, 0.29) is 11.4 Å². The first-order valence-electron chi connectivity index (χ1n) is 7.17. The van der Waals surface area contributed by atoms with Gasteiger partial charge in [-0.25, -0.2) is 0 Å². The van der Waals surface area contributed by atoms with Gasteiger partial charge in [0, 0.05) is 5.69 Å². The van der Waals surface area contributed by atoms with Crippen LogP contribution in [0.4, 0.5) is 17.3 Å². The molecule has 6 heteroatoms. The summed E-state index contributed by atoms with van der Waals surface area (Å²) in [5, 5.41) is 9.55. The first kappa shape index (κ1) is 14.6. The maximum Gasteiger partial charge on any atom is 0.256 e. The highest BCUT2D eigenvalue weighted by atomic mass is 16.1. The summed E-state index contributed by atoms with van der Waals surface area (Å²) in [6.45, 7) is 0. The fourth-order valence-corrected chi connectivity index (χ4v) is 2.37. The highest BCUT2D eigenvalue weighted by Gasteiger charge is 2.16. The van der Waals surface area contributed by atoms with E-state index in [2.05, 4.69) is 27.6 Å². The Balaban J connectivity index is 1.74. The van der Waals surface area contributed by atoms with Gasteiger partial charge in [-0.15, -0.1) is 0 Å². The number of nitrogens with two attached hydrogens (primary N) is 2. The lowest BCUT2D eigenvalue weighted by atomic mass is 10.0. The van der Waals surface area contributed by atoms with Gasteiger partial charge in [-0.2, -0.15) is 5.10 Å². The molecule has 0 saturated heterocycles. The van der Waals surface area contributed by atoms with Crippen LogP contribution in [0, 0.1) is 0 Å². The Labute approximate surface area is 133 Å². The lowest BCUT2D eigenvalue weighted by Crippen LogP contribution is -2.14. The van der Waals surface area contributed by atoms with Crippen LogP contribution in [0.15, 0.2) is 54.6 Å². The molecule has 0 saturated carbocycles. The Morgan fingerprint density at radius 1 is 1.04 bits per heavy atom. The number of H-pyrrole nitrogens is 1. The van der Waals surface area contributed by atoms with Crippen LogP contribution in [0.1, 0.15) is 21.5 Å². The zero-order valence-electron chi connectivity index (χ0n) is 12.4. The van der Waals surface area contributed by atoms with E-state index in [0.29, 0.717) is 5.82 Å². The molecular formula is C17H17N5O. The van der Waals surface area contributed by atoms with Gasteiger partial charge in [-0.3, -0.25) is 9.89 Å². The molecular weight excluding hydrogens is 290 g/mol. The Morgan fingerprint density at radius 3 is 2.35 bits per heavy atom. The Bertz CT molecular complexity index is 809. The van der Waals surface area contributed by atoms with Crippen molar-refractivity contribution in [2.75, 3.05) is 11.1 Å². The molecule has 1 heterocycles. The van der Waals surface area contributed by atoms with Gasteiger partial charge in [0.25, 0.3) is 5.91 Å². The van der Waals surface area contributed by atoms with Crippen LogP contribution in [0.3, 0.4) is 0 Å². The number of amides is 1. The van der Waals surface area contributed by atoms with Crippen LogP contribution >= 0.6 is 0 Å². The minimum absolute atomic E-state index is 0.153. The number of anilines is 3. The van der Waals surface area contributed by atoms with Crippen LogP contribution in [-0.4, -0.2) is 16.1 Å². The fourth-order valence-electron chi connectivity index (χ4n) is 2.37. The van der Waals surface area contributed by atoms with Gasteiger partial charge in [0.1, 0.15) is 11.4 Å².